The predicted octanol–water partition coefficient (Wildman–Crippen LogP) is 5.88. The first-order valence-electron chi connectivity index (χ1n) is 11.5. The summed E-state index contributed by atoms with van der Waals surface area (Å²) in [5, 5.41) is 11.7. The zero-order chi connectivity index (χ0) is 24.9. The van der Waals surface area contributed by atoms with Crippen LogP contribution in [0, 0.1) is 0 Å². The summed E-state index contributed by atoms with van der Waals surface area (Å²) in [4.78, 5) is 18.5. The average molecular weight is 559 g/mol. The van der Waals surface area contributed by atoms with E-state index in [1.54, 1.807) is 16.4 Å². The fourth-order valence-corrected chi connectivity index (χ4v) is 4.90. The summed E-state index contributed by atoms with van der Waals surface area (Å²) < 4.78 is 14.3. The van der Waals surface area contributed by atoms with Gasteiger partial charge in [0.05, 0.1) is 24.5 Å². The van der Waals surface area contributed by atoms with Crippen molar-refractivity contribution < 1.29 is 14.3 Å². The predicted molar refractivity (Wildman–Crippen MR) is 142 cm³/mol. The molecule has 0 bridgehead atoms. The second-order valence-electron chi connectivity index (χ2n) is 7.66. The summed E-state index contributed by atoms with van der Waals surface area (Å²) in [7, 11) is 0. The van der Waals surface area contributed by atoms with Crippen molar-refractivity contribution >= 4 is 45.2 Å². The normalized spacial score (nSPS) is 14.8. The van der Waals surface area contributed by atoms with E-state index in [-0.39, 0.29) is 5.91 Å². The van der Waals surface area contributed by atoms with Crippen molar-refractivity contribution in [2.45, 2.75) is 38.9 Å². The van der Waals surface area contributed by atoms with E-state index in [1.165, 1.54) is 0 Å². The largest absolute Gasteiger partial charge is 0.494 e. The van der Waals surface area contributed by atoms with Gasteiger partial charge in [-0.2, -0.15) is 4.98 Å². The molecule has 2 N–H and O–H groups in total. The molecule has 1 aliphatic rings. The molecule has 1 atom stereocenters. The lowest BCUT2D eigenvalue weighted by Gasteiger charge is -2.30. The van der Waals surface area contributed by atoms with Crippen LogP contribution in [0.4, 0.5) is 11.6 Å². The van der Waals surface area contributed by atoms with Gasteiger partial charge in [0.25, 0.3) is 5.91 Å². The standard InChI is InChI=1S/C25H28BrN5O3S/c1-5-33-19-13-12-16(26)14-17(19)22-21(15(4)27-24-29-25(35-7-3)30-31(22)24)23(32)28-18-10-8-9-11-20(18)34-6-2/h8-14,22H,5-7H2,1-4H3,(H,28,32)(H,27,29,30). The number of nitrogens with zero attached hydrogens (tertiary/aromatic N) is 3. The lowest BCUT2D eigenvalue weighted by Crippen LogP contribution is -2.32. The maximum atomic E-state index is 13.8. The number of fused-ring (bicyclic) bond motifs is 1. The molecule has 3 aromatic rings. The number of rotatable bonds is 9. The summed E-state index contributed by atoms with van der Waals surface area (Å²) in [6, 6.07) is 12.6. The molecule has 4 rings (SSSR count). The maximum absolute atomic E-state index is 13.8. The Morgan fingerprint density at radius 2 is 1.89 bits per heavy atom. The minimum absolute atomic E-state index is 0.263. The van der Waals surface area contributed by atoms with Crippen LogP contribution in [0.2, 0.25) is 0 Å². The number of benzene rings is 2. The number of hydrogen-bond acceptors (Lipinski definition) is 7. The number of allylic oxidation sites excluding steroid dienone is 1. The van der Waals surface area contributed by atoms with E-state index in [1.807, 2.05) is 63.2 Å². The smallest absolute Gasteiger partial charge is 0.255 e. The third-order valence-corrected chi connectivity index (χ3v) is 6.57. The van der Waals surface area contributed by atoms with Crippen molar-refractivity contribution in [2.24, 2.45) is 0 Å². The Bertz CT molecular complexity index is 1260. The highest BCUT2D eigenvalue weighted by molar-refractivity contribution is 9.10. The van der Waals surface area contributed by atoms with Gasteiger partial charge in [-0.3, -0.25) is 4.79 Å². The lowest BCUT2D eigenvalue weighted by atomic mass is 9.94. The number of halogens is 1. The molecule has 8 nitrogen and oxygen atoms in total. The minimum atomic E-state index is -0.553. The molecule has 0 saturated heterocycles. The molecular formula is C25H28BrN5O3S. The van der Waals surface area contributed by atoms with Crippen LogP contribution in [0.15, 0.2) is 63.4 Å². The molecule has 10 heteroatoms. The van der Waals surface area contributed by atoms with Crippen molar-refractivity contribution in [2.75, 3.05) is 29.6 Å². The van der Waals surface area contributed by atoms with Gasteiger partial charge >= 0.3 is 0 Å². The van der Waals surface area contributed by atoms with Gasteiger partial charge in [-0.1, -0.05) is 46.7 Å². The second-order valence-corrected chi connectivity index (χ2v) is 9.81. The van der Waals surface area contributed by atoms with Gasteiger partial charge in [0.1, 0.15) is 17.5 Å². The summed E-state index contributed by atoms with van der Waals surface area (Å²) >= 11 is 5.13. The van der Waals surface area contributed by atoms with Crippen LogP contribution >= 0.6 is 27.7 Å². The van der Waals surface area contributed by atoms with Gasteiger partial charge in [-0.15, -0.1) is 5.10 Å². The third kappa shape index (κ3) is 5.33. The third-order valence-electron chi connectivity index (χ3n) is 5.35. The van der Waals surface area contributed by atoms with Gasteiger partial charge in [0.2, 0.25) is 11.1 Å². The highest BCUT2D eigenvalue weighted by Crippen LogP contribution is 2.41. The molecule has 0 fully saturated rings. The van der Waals surface area contributed by atoms with Gasteiger partial charge in [0, 0.05) is 15.7 Å². The van der Waals surface area contributed by atoms with Gasteiger partial charge in [-0.25, -0.2) is 4.68 Å². The molecule has 0 saturated carbocycles. The SMILES string of the molecule is CCOc1ccccc1NC(=O)C1=C(C)Nc2nc(SCC)nn2C1c1cc(Br)ccc1OCC. The number of ether oxygens (including phenoxy) is 2. The zero-order valence-corrected chi connectivity index (χ0v) is 22.5. The molecule has 0 radical (unpaired) electrons. The van der Waals surface area contributed by atoms with Crippen molar-refractivity contribution in [3.63, 3.8) is 0 Å². The van der Waals surface area contributed by atoms with Crippen LogP contribution < -0.4 is 20.1 Å². The molecule has 1 aromatic heterocycles. The number of para-hydroxylation sites is 2. The summed E-state index contributed by atoms with van der Waals surface area (Å²) in [5.41, 5.74) is 2.62. The Morgan fingerprint density at radius 3 is 2.63 bits per heavy atom. The molecular weight excluding hydrogens is 530 g/mol. The lowest BCUT2D eigenvalue weighted by molar-refractivity contribution is -0.113. The summed E-state index contributed by atoms with van der Waals surface area (Å²) in [6.07, 6.45) is 0. The highest BCUT2D eigenvalue weighted by atomic mass is 79.9. The number of carbonyl (C=O) groups excluding carboxylic acids is 1. The first-order chi connectivity index (χ1) is 17.0. The molecule has 1 aliphatic heterocycles. The number of anilines is 2. The van der Waals surface area contributed by atoms with Crippen molar-refractivity contribution in [1.29, 1.82) is 0 Å². The van der Waals surface area contributed by atoms with Crippen molar-refractivity contribution in [1.82, 2.24) is 14.8 Å². The number of aromatic nitrogens is 3. The first kappa shape index (κ1) is 25.1. The van der Waals surface area contributed by atoms with E-state index in [4.69, 9.17) is 14.6 Å². The number of thioether (sulfide) groups is 1. The van der Waals surface area contributed by atoms with E-state index in [0.717, 1.165) is 15.8 Å². The van der Waals surface area contributed by atoms with Crippen molar-refractivity contribution in [3.8, 4) is 11.5 Å². The fraction of sp³-hybridized carbons (Fsp3) is 0.320. The zero-order valence-electron chi connectivity index (χ0n) is 20.1. The molecule has 35 heavy (non-hydrogen) atoms. The summed E-state index contributed by atoms with van der Waals surface area (Å²) in [6.45, 7) is 8.76. The van der Waals surface area contributed by atoms with Gasteiger partial charge in [-0.05, 0) is 56.9 Å². The van der Waals surface area contributed by atoms with Gasteiger partial charge in [0.15, 0.2) is 0 Å². The molecule has 1 unspecified atom stereocenters. The van der Waals surface area contributed by atoms with Crippen molar-refractivity contribution in [3.05, 3.63) is 63.8 Å². The average Bonchev–Trinajstić information content (AvgIpc) is 3.23. The highest BCUT2D eigenvalue weighted by Gasteiger charge is 2.36. The number of hydrogen-bond donors (Lipinski definition) is 2. The fourth-order valence-electron chi connectivity index (χ4n) is 3.96. The van der Waals surface area contributed by atoms with E-state index in [0.29, 0.717) is 52.8 Å². The molecule has 1 amide bonds. The Morgan fingerprint density at radius 1 is 1.14 bits per heavy atom. The minimum Gasteiger partial charge on any atom is -0.494 e. The molecule has 184 valence electrons. The first-order valence-corrected chi connectivity index (χ1v) is 13.3. The van der Waals surface area contributed by atoms with Crippen LogP contribution in [0.5, 0.6) is 11.5 Å². The van der Waals surface area contributed by atoms with E-state index in [2.05, 4.69) is 38.5 Å². The molecule has 2 heterocycles. The summed E-state index contributed by atoms with van der Waals surface area (Å²) in [5.74, 6) is 2.45. The van der Waals surface area contributed by atoms with Crippen LogP contribution in [-0.4, -0.2) is 39.6 Å². The van der Waals surface area contributed by atoms with E-state index >= 15 is 0 Å². The van der Waals surface area contributed by atoms with E-state index < -0.39 is 6.04 Å². The number of amides is 1. The van der Waals surface area contributed by atoms with Crippen LogP contribution in [-0.2, 0) is 4.79 Å². The van der Waals surface area contributed by atoms with E-state index in [9.17, 15) is 4.79 Å². The van der Waals surface area contributed by atoms with Crippen LogP contribution in [0.1, 0.15) is 39.3 Å². The Labute approximate surface area is 217 Å². The maximum Gasteiger partial charge on any atom is 0.255 e. The number of carbonyl (C=O) groups is 1. The quantitative estimate of drug-likeness (QED) is 0.317. The Kier molecular flexibility index (Phi) is 8.02. The van der Waals surface area contributed by atoms with Crippen LogP contribution in [0.25, 0.3) is 0 Å². The molecule has 2 aromatic carbocycles. The second kappa shape index (κ2) is 11.2. The molecule has 0 aliphatic carbocycles. The Balaban J connectivity index is 1.83. The number of nitrogens with one attached hydrogen (secondary N) is 2. The monoisotopic (exact) mass is 557 g/mol. The topological polar surface area (TPSA) is 90.3 Å². The molecule has 0 spiro atoms. The van der Waals surface area contributed by atoms with Crippen LogP contribution in [0.3, 0.4) is 0 Å². The van der Waals surface area contributed by atoms with Gasteiger partial charge < -0.3 is 20.1 Å². The Hall–Kier alpha value is -2.98.